The fourth-order valence-corrected chi connectivity index (χ4v) is 15.5. The Morgan fingerprint density at radius 3 is 1.26 bits per heavy atom. The van der Waals surface area contributed by atoms with Crippen LogP contribution in [0, 0.1) is 0 Å². The highest BCUT2D eigenvalue weighted by Crippen LogP contribution is 2.48. The molecule has 0 aliphatic carbocycles. The predicted octanol–water partition coefficient (Wildman–Crippen LogP) is 26.0. The van der Waals surface area contributed by atoms with Gasteiger partial charge in [-0.2, -0.15) is 0 Å². The topological polar surface area (TPSA) is 15.3 Å². The molecule has 0 aliphatic rings. The number of fused-ring (bicyclic) bond motifs is 14. The van der Waals surface area contributed by atoms with Crippen LogP contribution in [-0.4, -0.2) is 0 Å². The first-order chi connectivity index (χ1) is 44.0. The summed E-state index contributed by atoms with van der Waals surface area (Å²) in [5.74, 6) is 0. The minimum Gasteiger partial charge on any atom is -0.354 e. The average molecular weight is 1240 g/mol. The van der Waals surface area contributed by atoms with E-state index in [9.17, 15) is 0 Å². The van der Waals surface area contributed by atoms with E-state index in [0.29, 0.717) is 0 Å². The Bertz CT molecular complexity index is 5690. The van der Waals surface area contributed by atoms with Gasteiger partial charge in [-0.1, -0.05) is 271 Å². The number of hydrogen-bond donors (Lipinski definition) is 1. The summed E-state index contributed by atoms with van der Waals surface area (Å²) in [7, 11) is 0. The molecule has 16 aromatic carbocycles. The van der Waals surface area contributed by atoms with Crippen molar-refractivity contribution in [3.05, 3.63) is 332 Å². The third kappa shape index (κ3) is 10.3. The number of benzene rings is 16. The summed E-state index contributed by atoms with van der Waals surface area (Å²) >= 11 is 7.19. The standard InChI is InChI=1S/C42H27NS.C26H17NS.C16H11Br/c1-2-11-30-26-31(21-20-28(30)10-1)29-22-24-33(25-23-29)43(39-18-9-17-38-37-16-7-8-19-41(37)44-42(38)39)40-27-32-12-3-4-13-34(32)35-14-5-6-15-36(35)40;1-2-9-18-17(8-1)16-24(20-11-4-3-10-19(18)20)27-23-14-7-13-22-21-12-5-6-15-25(21)28-26(22)23;17-16-9-7-13(8-10-16)15-6-5-12-3-1-2-4-14(12)11-15/h1-27H;1-16,27H;1-11H. The molecule has 0 atom stereocenters. The fourth-order valence-electron chi connectivity index (χ4n) is 12.9. The number of nitrogens with zero attached hydrogens (tertiary/aromatic N) is 1. The van der Waals surface area contributed by atoms with Gasteiger partial charge in [0.05, 0.1) is 26.5 Å². The molecule has 0 aliphatic heterocycles. The van der Waals surface area contributed by atoms with Gasteiger partial charge in [0.15, 0.2) is 0 Å². The summed E-state index contributed by atoms with van der Waals surface area (Å²) in [5, 5.41) is 24.2. The Labute approximate surface area is 532 Å². The monoisotopic (exact) mass is 1230 g/mol. The molecule has 18 rings (SSSR count). The minimum absolute atomic E-state index is 1.11. The SMILES string of the molecule is Brc1ccc(-c2ccc3ccccc3c2)cc1.c1ccc2c(c1)cc(Nc1cccc3c1sc1ccccc13)c1ccccc12.c1ccc2cc(-c3ccc(N(c4cc5ccccc5c5ccccc45)c4cccc5c4sc4ccccc45)cc3)ccc2c1. The van der Waals surface area contributed by atoms with E-state index in [1.54, 1.807) is 0 Å². The molecule has 2 heterocycles. The van der Waals surface area contributed by atoms with Gasteiger partial charge in [-0.25, -0.2) is 0 Å². The Balaban J connectivity index is 0.000000120. The second-order valence-electron chi connectivity index (χ2n) is 22.5. The van der Waals surface area contributed by atoms with Crippen LogP contribution in [0.25, 0.3) is 127 Å². The number of anilines is 5. The van der Waals surface area contributed by atoms with Gasteiger partial charge < -0.3 is 10.2 Å². The zero-order valence-electron chi connectivity index (χ0n) is 48.3. The molecule has 0 fully saturated rings. The van der Waals surface area contributed by atoms with Crippen molar-refractivity contribution in [1.29, 1.82) is 0 Å². The van der Waals surface area contributed by atoms with Crippen LogP contribution in [0.4, 0.5) is 28.4 Å². The number of nitrogens with one attached hydrogen (secondary N) is 1. The van der Waals surface area contributed by atoms with Gasteiger partial charge in [-0.3, -0.25) is 0 Å². The van der Waals surface area contributed by atoms with Gasteiger partial charge in [0.1, 0.15) is 0 Å². The van der Waals surface area contributed by atoms with Crippen molar-refractivity contribution in [2.75, 3.05) is 10.2 Å². The van der Waals surface area contributed by atoms with Crippen LogP contribution in [0.3, 0.4) is 0 Å². The summed E-state index contributed by atoms with van der Waals surface area (Å²) in [6, 6.07) is 118. The van der Waals surface area contributed by atoms with Crippen molar-refractivity contribution in [3.8, 4) is 22.3 Å². The molecular weight excluding hydrogens is 1180 g/mol. The maximum absolute atomic E-state index is 3.75. The quantitative estimate of drug-likeness (QED) is 0.160. The molecule has 5 heteroatoms. The van der Waals surface area contributed by atoms with E-state index in [1.165, 1.54) is 144 Å². The molecule has 0 radical (unpaired) electrons. The molecule has 0 saturated heterocycles. The largest absolute Gasteiger partial charge is 0.354 e. The van der Waals surface area contributed by atoms with Gasteiger partial charge >= 0.3 is 0 Å². The van der Waals surface area contributed by atoms with Crippen LogP contribution in [0.1, 0.15) is 0 Å². The van der Waals surface area contributed by atoms with Crippen molar-refractivity contribution in [3.63, 3.8) is 0 Å². The molecule has 18 aromatic rings. The van der Waals surface area contributed by atoms with Crippen molar-refractivity contribution in [2.24, 2.45) is 0 Å². The molecule has 1 N–H and O–H groups in total. The van der Waals surface area contributed by atoms with Gasteiger partial charge in [0.2, 0.25) is 0 Å². The number of halogens is 1. The Morgan fingerprint density at radius 2 is 0.663 bits per heavy atom. The van der Waals surface area contributed by atoms with Crippen LogP contribution in [-0.2, 0) is 0 Å². The molecule has 0 amide bonds. The maximum atomic E-state index is 3.75. The first-order valence-electron chi connectivity index (χ1n) is 30.1. The molecule has 2 nitrogen and oxygen atoms in total. The first-order valence-corrected chi connectivity index (χ1v) is 32.5. The van der Waals surface area contributed by atoms with Crippen molar-refractivity contribution < 1.29 is 0 Å². The summed E-state index contributed by atoms with van der Waals surface area (Å²) in [5.41, 5.74) is 10.8. The highest BCUT2D eigenvalue weighted by molar-refractivity contribution is 9.10. The van der Waals surface area contributed by atoms with E-state index in [1.807, 2.05) is 22.7 Å². The predicted molar refractivity (Wildman–Crippen MR) is 393 cm³/mol. The second-order valence-corrected chi connectivity index (χ2v) is 25.5. The van der Waals surface area contributed by atoms with Gasteiger partial charge in [0.25, 0.3) is 0 Å². The second kappa shape index (κ2) is 23.4. The summed E-state index contributed by atoms with van der Waals surface area (Å²) in [6.45, 7) is 0. The summed E-state index contributed by atoms with van der Waals surface area (Å²) in [4.78, 5) is 2.47. The number of thiophene rings is 2. The average Bonchev–Trinajstić information content (AvgIpc) is 1.97. The van der Waals surface area contributed by atoms with Crippen molar-refractivity contribution in [1.82, 2.24) is 0 Å². The zero-order chi connectivity index (χ0) is 59.2. The molecule has 89 heavy (non-hydrogen) atoms. The number of rotatable bonds is 7. The molecule has 0 bridgehead atoms. The van der Waals surface area contributed by atoms with Gasteiger partial charge in [-0.05, 0) is 149 Å². The highest BCUT2D eigenvalue weighted by atomic mass is 79.9. The molecule has 2 aromatic heterocycles. The lowest BCUT2D eigenvalue weighted by Gasteiger charge is -2.28. The van der Waals surface area contributed by atoms with Crippen LogP contribution < -0.4 is 10.2 Å². The van der Waals surface area contributed by atoms with Gasteiger partial charge in [0, 0.05) is 57.6 Å². The maximum Gasteiger partial charge on any atom is 0.0640 e. The van der Waals surface area contributed by atoms with Crippen molar-refractivity contribution in [2.45, 2.75) is 0 Å². The molecule has 0 saturated carbocycles. The van der Waals surface area contributed by atoms with E-state index in [-0.39, 0.29) is 0 Å². The Kier molecular flexibility index (Phi) is 14.2. The first kappa shape index (κ1) is 54.0. The van der Waals surface area contributed by atoms with E-state index in [0.717, 1.165) is 15.8 Å². The van der Waals surface area contributed by atoms with Crippen molar-refractivity contribution >= 4 is 172 Å². The summed E-state index contributed by atoms with van der Waals surface area (Å²) in [6.07, 6.45) is 0. The smallest absolute Gasteiger partial charge is 0.0640 e. The van der Waals surface area contributed by atoms with Crippen LogP contribution in [0.2, 0.25) is 0 Å². The van der Waals surface area contributed by atoms with Gasteiger partial charge in [-0.15, -0.1) is 22.7 Å². The van der Waals surface area contributed by atoms with Crippen LogP contribution in [0.15, 0.2) is 332 Å². The summed E-state index contributed by atoms with van der Waals surface area (Å²) < 4.78 is 6.35. The lowest BCUT2D eigenvalue weighted by molar-refractivity contribution is 1.32. The Hall–Kier alpha value is -10.4. The van der Waals surface area contributed by atoms with E-state index < -0.39 is 0 Å². The number of hydrogen-bond acceptors (Lipinski definition) is 4. The van der Waals surface area contributed by atoms with Crippen LogP contribution in [0.5, 0.6) is 0 Å². The minimum atomic E-state index is 1.11. The van der Waals surface area contributed by atoms with E-state index >= 15 is 0 Å². The normalized spacial score (nSPS) is 11.4. The third-order valence-electron chi connectivity index (χ3n) is 17.2. The third-order valence-corrected chi connectivity index (χ3v) is 20.1. The molecule has 0 unspecified atom stereocenters. The highest BCUT2D eigenvalue weighted by Gasteiger charge is 2.22. The zero-order valence-corrected chi connectivity index (χ0v) is 51.5. The molecular formula is C84H55BrN2S2. The van der Waals surface area contributed by atoms with E-state index in [2.05, 4.69) is 354 Å². The lowest BCUT2D eigenvalue weighted by Crippen LogP contribution is -2.10. The Morgan fingerprint density at radius 1 is 0.247 bits per heavy atom. The van der Waals surface area contributed by atoms with E-state index in [4.69, 9.17) is 0 Å². The molecule has 420 valence electrons. The van der Waals surface area contributed by atoms with Crippen LogP contribution >= 0.6 is 38.6 Å². The fraction of sp³-hybridized carbons (Fsp3) is 0. The molecule has 0 spiro atoms. The lowest BCUT2D eigenvalue weighted by atomic mass is 9.98.